The third kappa shape index (κ3) is 3.17. The summed E-state index contributed by atoms with van der Waals surface area (Å²) in [5.41, 5.74) is 6.30. The fourth-order valence-corrected chi connectivity index (χ4v) is 1.43. The molecule has 0 spiro atoms. The van der Waals surface area contributed by atoms with E-state index in [1.165, 1.54) is 4.90 Å². The maximum Gasteiger partial charge on any atom is 0.237 e. The topological polar surface area (TPSA) is 63.4 Å². The SMILES string of the molecule is C[C@@H](C=O)N(Cc1ccccc1)C(=O)CN. The van der Waals surface area contributed by atoms with E-state index in [4.69, 9.17) is 5.73 Å². The molecule has 0 aliphatic rings. The Bertz CT molecular complexity index is 351. The quantitative estimate of drug-likeness (QED) is 0.737. The van der Waals surface area contributed by atoms with E-state index < -0.39 is 6.04 Å². The van der Waals surface area contributed by atoms with E-state index in [0.717, 1.165) is 11.8 Å². The molecule has 0 saturated carbocycles. The fourth-order valence-electron chi connectivity index (χ4n) is 1.43. The van der Waals surface area contributed by atoms with Gasteiger partial charge in [-0.25, -0.2) is 0 Å². The van der Waals surface area contributed by atoms with Gasteiger partial charge in [0.1, 0.15) is 6.29 Å². The maximum atomic E-state index is 11.6. The van der Waals surface area contributed by atoms with Gasteiger partial charge >= 0.3 is 0 Å². The fraction of sp³-hybridized carbons (Fsp3) is 0.333. The number of nitrogens with two attached hydrogens (primary N) is 1. The number of rotatable bonds is 5. The number of hydrogen-bond acceptors (Lipinski definition) is 3. The van der Waals surface area contributed by atoms with Crippen molar-refractivity contribution < 1.29 is 9.59 Å². The summed E-state index contributed by atoms with van der Waals surface area (Å²) in [5, 5.41) is 0. The second kappa shape index (κ2) is 6.02. The summed E-state index contributed by atoms with van der Waals surface area (Å²) in [7, 11) is 0. The highest BCUT2D eigenvalue weighted by Crippen LogP contribution is 2.07. The van der Waals surface area contributed by atoms with Crippen molar-refractivity contribution in [2.24, 2.45) is 5.73 Å². The Kier molecular flexibility index (Phi) is 4.66. The molecule has 0 bridgehead atoms. The lowest BCUT2D eigenvalue weighted by molar-refractivity contribution is -0.135. The molecule has 0 saturated heterocycles. The van der Waals surface area contributed by atoms with E-state index in [2.05, 4.69) is 0 Å². The molecule has 1 amide bonds. The summed E-state index contributed by atoms with van der Waals surface area (Å²) in [6.45, 7) is 2.02. The number of carbonyl (C=O) groups is 2. The third-order valence-corrected chi connectivity index (χ3v) is 2.38. The molecule has 4 heteroatoms. The second-order valence-corrected chi connectivity index (χ2v) is 3.59. The summed E-state index contributed by atoms with van der Waals surface area (Å²) in [4.78, 5) is 23.8. The Hall–Kier alpha value is -1.68. The first-order valence-corrected chi connectivity index (χ1v) is 5.17. The minimum atomic E-state index is -0.448. The van der Waals surface area contributed by atoms with Crippen LogP contribution in [0.4, 0.5) is 0 Å². The highest BCUT2D eigenvalue weighted by Gasteiger charge is 2.18. The number of aldehydes is 1. The number of carbonyl (C=O) groups excluding carboxylic acids is 2. The minimum Gasteiger partial charge on any atom is -0.328 e. The van der Waals surface area contributed by atoms with Crippen molar-refractivity contribution in [3.8, 4) is 0 Å². The molecule has 0 unspecified atom stereocenters. The van der Waals surface area contributed by atoms with Gasteiger partial charge in [0.25, 0.3) is 0 Å². The van der Waals surface area contributed by atoms with Gasteiger partial charge in [-0.05, 0) is 12.5 Å². The van der Waals surface area contributed by atoms with Crippen molar-refractivity contribution in [1.29, 1.82) is 0 Å². The average molecular weight is 220 g/mol. The smallest absolute Gasteiger partial charge is 0.237 e. The predicted molar refractivity (Wildman–Crippen MR) is 61.6 cm³/mol. The Morgan fingerprint density at radius 3 is 2.56 bits per heavy atom. The van der Waals surface area contributed by atoms with E-state index in [-0.39, 0.29) is 12.5 Å². The van der Waals surface area contributed by atoms with Crippen LogP contribution in [0.3, 0.4) is 0 Å². The number of amides is 1. The molecule has 16 heavy (non-hydrogen) atoms. The molecule has 1 aromatic carbocycles. The van der Waals surface area contributed by atoms with E-state index in [1.807, 2.05) is 30.3 Å². The summed E-state index contributed by atoms with van der Waals surface area (Å²) < 4.78 is 0. The summed E-state index contributed by atoms with van der Waals surface area (Å²) in [5.74, 6) is -0.219. The molecular weight excluding hydrogens is 204 g/mol. The predicted octanol–water partition coefficient (Wildman–Crippen LogP) is 0.561. The molecule has 4 nitrogen and oxygen atoms in total. The van der Waals surface area contributed by atoms with E-state index in [1.54, 1.807) is 6.92 Å². The van der Waals surface area contributed by atoms with Crippen LogP contribution in [-0.4, -0.2) is 29.7 Å². The lowest BCUT2D eigenvalue weighted by Gasteiger charge is -2.25. The highest BCUT2D eigenvalue weighted by atomic mass is 16.2. The van der Waals surface area contributed by atoms with E-state index >= 15 is 0 Å². The zero-order valence-corrected chi connectivity index (χ0v) is 9.30. The van der Waals surface area contributed by atoms with Crippen molar-refractivity contribution in [2.45, 2.75) is 19.5 Å². The van der Waals surface area contributed by atoms with Crippen molar-refractivity contribution >= 4 is 12.2 Å². The summed E-state index contributed by atoms with van der Waals surface area (Å²) >= 11 is 0. The van der Waals surface area contributed by atoms with Crippen LogP contribution in [0, 0.1) is 0 Å². The lowest BCUT2D eigenvalue weighted by atomic mass is 10.2. The molecule has 0 aromatic heterocycles. The first-order chi connectivity index (χ1) is 7.69. The zero-order chi connectivity index (χ0) is 12.0. The molecule has 2 N–H and O–H groups in total. The van der Waals surface area contributed by atoms with Gasteiger partial charge < -0.3 is 15.4 Å². The minimum absolute atomic E-state index is 0.0784. The summed E-state index contributed by atoms with van der Waals surface area (Å²) in [6, 6.07) is 9.07. The summed E-state index contributed by atoms with van der Waals surface area (Å²) in [6.07, 6.45) is 0.747. The van der Waals surface area contributed by atoms with Gasteiger partial charge in [-0.2, -0.15) is 0 Å². The first-order valence-electron chi connectivity index (χ1n) is 5.17. The standard InChI is InChI=1S/C12H16N2O2/c1-10(9-15)14(12(16)7-13)8-11-5-3-2-4-6-11/h2-6,9-10H,7-8,13H2,1H3/t10-/m0/s1. The molecule has 0 fully saturated rings. The van der Waals surface area contributed by atoms with Gasteiger partial charge in [0, 0.05) is 6.54 Å². The number of nitrogens with zero attached hydrogens (tertiary/aromatic N) is 1. The molecular formula is C12H16N2O2. The van der Waals surface area contributed by atoms with Crippen LogP contribution in [-0.2, 0) is 16.1 Å². The first kappa shape index (κ1) is 12.4. The third-order valence-electron chi connectivity index (χ3n) is 2.38. The Labute approximate surface area is 95.0 Å². The monoisotopic (exact) mass is 220 g/mol. The highest BCUT2D eigenvalue weighted by molar-refractivity contribution is 5.81. The Balaban J connectivity index is 2.79. The normalized spacial score (nSPS) is 11.9. The van der Waals surface area contributed by atoms with Gasteiger partial charge in [0.15, 0.2) is 0 Å². The van der Waals surface area contributed by atoms with Crippen molar-refractivity contribution in [3.05, 3.63) is 35.9 Å². The van der Waals surface area contributed by atoms with Crippen molar-refractivity contribution in [3.63, 3.8) is 0 Å². The molecule has 1 rings (SSSR count). The largest absolute Gasteiger partial charge is 0.328 e. The number of benzene rings is 1. The molecule has 0 aliphatic heterocycles. The van der Waals surface area contributed by atoms with Crippen LogP contribution in [0.5, 0.6) is 0 Å². The Morgan fingerprint density at radius 1 is 1.44 bits per heavy atom. The number of hydrogen-bond donors (Lipinski definition) is 1. The molecule has 0 aliphatic carbocycles. The van der Waals surface area contributed by atoms with Gasteiger partial charge in [0.2, 0.25) is 5.91 Å². The van der Waals surface area contributed by atoms with Gasteiger partial charge in [-0.15, -0.1) is 0 Å². The van der Waals surface area contributed by atoms with Crippen molar-refractivity contribution in [1.82, 2.24) is 4.90 Å². The van der Waals surface area contributed by atoms with E-state index in [0.29, 0.717) is 6.54 Å². The second-order valence-electron chi connectivity index (χ2n) is 3.59. The zero-order valence-electron chi connectivity index (χ0n) is 9.30. The van der Waals surface area contributed by atoms with E-state index in [9.17, 15) is 9.59 Å². The van der Waals surface area contributed by atoms with Crippen molar-refractivity contribution in [2.75, 3.05) is 6.54 Å². The molecule has 1 aromatic rings. The molecule has 0 heterocycles. The van der Waals surface area contributed by atoms with Gasteiger partial charge in [0.05, 0.1) is 12.6 Å². The molecule has 86 valence electrons. The average Bonchev–Trinajstić information content (AvgIpc) is 2.35. The van der Waals surface area contributed by atoms with Crippen LogP contribution >= 0.6 is 0 Å². The maximum absolute atomic E-state index is 11.6. The van der Waals surface area contributed by atoms with Crippen LogP contribution in [0.1, 0.15) is 12.5 Å². The Morgan fingerprint density at radius 2 is 2.06 bits per heavy atom. The molecule has 0 radical (unpaired) electrons. The van der Waals surface area contributed by atoms with Gasteiger partial charge in [-0.3, -0.25) is 4.79 Å². The van der Waals surface area contributed by atoms with Crippen LogP contribution in [0.25, 0.3) is 0 Å². The van der Waals surface area contributed by atoms with Crippen LogP contribution < -0.4 is 5.73 Å². The van der Waals surface area contributed by atoms with Crippen LogP contribution in [0.2, 0.25) is 0 Å². The molecule has 1 atom stereocenters. The van der Waals surface area contributed by atoms with Gasteiger partial charge in [-0.1, -0.05) is 30.3 Å². The van der Waals surface area contributed by atoms with Crippen LogP contribution in [0.15, 0.2) is 30.3 Å². The lowest BCUT2D eigenvalue weighted by Crippen LogP contribution is -2.42.